The highest BCUT2D eigenvalue weighted by Crippen LogP contribution is 2.21. The van der Waals surface area contributed by atoms with Crippen LogP contribution < -0.4 is 10.1 Å². The van der Waals surface area contributed by atoms with Gasteiger partial charge in [0.25, 0.3) is 0 Å². The van der Waals surface area contributed by atoms with E-state index in [2.05, 4.69) is 5.32 Å². The Bertz CT molecular complexity index is 813. The third-order valence-electron chi connectivity index (χ3n) is 4.54. The normalized spacial score (nSPS) is 15.3. The number of para-hydroxylation sites is 1. The van der Waals surface area contributed by atoms with E-state index in [1.165, 1.54) is 0 Å². The SMILES string of the molecule is CCOc1ccccc1CNCc1ccc(S(=O)(=O)N2CCCC2)cc1. The molecule has 3 rings (SSSR count). The largest absolute Gasteiger partial charge is 0.494 e. The van der Waals surface area contributed by atoms with E-state index in [1.807, 2.05) is 43.3 Å². The second-order valence-corrected chi connectivity index (χ2v) is 8.34. The number of nitrogens with one attached hydrogen (secondary N) is 1. The summed E-state index contributed by atoms with van der Waals surface area (Å²) in [5.74, 6) is 0.898. The second kappa shape index (κ2) is 8.66. The van der Waals surface area contributed by atoms with Gasteiger partial charge in [-0.2, -0.15) is 4.31 Å². The van der Waals surface area contributed by atoms with Crippen molar-refractivity contribution >= 4 is 10.0 Å². The molecule has 1 saturated heterocycles. The molecule has 0 saturated carbocycles. The van der Waals surface area contributed by atoms with Gasteiger partial charge in [-0.1, -0.05) is 30.3 Å². The van der Waals surface area contributed by atoms with Gasteiger partial charge < -0.3 is 10.1 Å². The number of rotatable bonds is 8. The molecule has 1 fully saturated rings. The molecule has 0 atom stereocenters. The Balaban J connectivity index is 1.58. The predicted molar refractivity (Wildman–Crippen MR) is 103 cm³/mol. The van der Waals surface area contributed by atoms with Gasteiger partial charge in [0.05, 0.1) is 11.5 Å². The lowest BCUT2D eigenvalue weighted by molar-refractivity contribution is 0.335. The van der Waals surface area contributed by atoms with Gasteiger partial charge in [0.1, 0.15) is 5.75 Å². The van der Waals surface area contributed by atoms with Crippen LogP contribution in [0.1, 0.15) is 30.9 Å². The van der Waals surface area contributed by atoms with E-state index in [0.29, 0.717) is 37.7 Å². The van der Waals surface area contributed by atoms with Crippen LogP contribution in [-0.2, 0) is 23.1 Å². The summed E-state index contributed by atoms with van der Waals surface area (Å²) in [4.78, 5) is 0.379. The van der Waals surface area contributed by atoms with Gasteiger partial charge in [-0.25, -0.2) is 8.42 Å². The van der Waals surface area contributed by atoms with Crippen LogP contribution in [0.25, 0.3) is 0 Å². The minimum absolute atomic E-state index is 0.379. The molecule has 1 N–H and O–H groups in total. The maximum atomic E-state index is 12.5. The molecule has 26 heavy (non-hydrogen) atoms. The standard InChI is InChI=1S/C20H26N2O3S/c1-2-25-20-8-4-3-7-18(20)16-21-15-17-9-11-19(12-10-17)26(23,24)22-13-5-6-14-22/h3-4,7-12,21H,2,5-6,13-16H2,1H3. The highest BCUT2D eigenvalue weighted by atomic mass is 32.2. The summed E-state index contributed by atoms with van der Waals surface area (Å²) >= 11 is 0. The summed E-state index contributed by atoms with van der Waals surface area (Å²) in [6.07, 6.45) is 1.90. The van der Waals surface area contributed by atoms with Gasteiger partial charge in [0, 0.05) is 31.7 Å². The zero-order chi connectivity index (χ0) is 18.4. The van der Waals surface area contributed by atoms with E-state index in [9.17, 15) is 8.42 Å². The smallest absolute Gasteiger partial charge is 0.243 e. The van der Waals surface area contributed by atoms with Gasteiger partial charge >= 0.3 is 0 Å². The molecular weight excluding hydrogens is 348 g/mol. The molecule has 0 aromatic heterocycles. The van der Waals surface area contributed by atoms with E-state index < -0.39 is 10.0 Å². The first kappa shape index (κ1) is 18.9. The molecule has 140 valence electrons. The first-order valence-corrected chi connectivity index (χ1v) is 10.6. The predicted octanol–water partition coefficient (Wildman–Crippen LogP) is 3.16. The zero-order valence-electron chi connectivity index (χ0n) is 15.1. The summed E-state index contributed by atoms with van der Waals surface area (Å²) in [5, 5.41) is 3.39. The Morgan fingerprint density at radius 2 is 1.69 bits per heavy atom. The van der Waals surface area contributed by atoms with Crippen molar-refractivity contribution in [2.75, 3.05) is 19.7 Å². The molecule has 1 aliphatic rings. The van der Waals surface area contributed by atoms with Crippen LogP contribution in [0.4, 0.5) is 0 Å². The van der Waals surface area contributed by atoms with Crippen molar-refractivity contribution in [3.05, 3.63) is 59.7 Å². The van der Waals surface area contributed by atoms with Crippen LogP contribution in [0.15, 0.2) is 53.4 Å². The first-order valence-electron chi connectivity index (χ1n) is 9.12. The minimum Gasteiger partial charge on any atom is -0.494 e. The fourth-order valence-corrected chi connectivity index (χ4v) is 4.66. The van der Waals surface area contributed by atoms with E-state index in [-0.39, 0.29) is 0 Å². The first-order chi connectivity index (χ1) is 12.6. The highest BCUT2D eigenvalue weighted by molar-refractivity contribution is 7.89. The van der Waals surface area contributed by atoms with Gasteiger partial charge in [-0.05, 0) is 43.5 Å². The lowest BCUT2D eigenvalue weighted by atomic mass is 10.2. The van der Waals surface area contributed by atoms with Crippen molar-refractivity contribution in [3.8, 4) is 5.75 Å². The van der Waals surface area contributed by atoms with Crippen LogP contribution in [0.5, 0.6) is 5.75 Å². The Labute approximate surface area is 156 Å². The molecule has 6 heteroatoms. The van der Waals surface area contributed by atoms with Gasteiger partial charge in [0.15, 0.2) is 0 Å². The molecular formula is C20H26N2O3S. The maximum Gasteiger partial charge on any atom is 0.243 e. The van der Waals surface area contributed by atoms with Crippen molar-refractivity contribution in [1.82, 2.24) is 9.62 Å². The number of ether oxygens (including phenoxy) is 1. The molecule has 0 aliphatic carbocycles. The molecule has 2 aromatic rings. The topological polar surface area (TPSA) is 58.6 Å². The van der Waals surface area contributed by atoms with Crippen molar-refractivity contribution in [2.45, 2.75) is 37.8 Å². The average molecular weight is 375 g/mol. The van der Waals surface area contributed by atoms with Gasteiger partial charge in [-0.15, -0.1) is 0 Å². The molecule has 5 nitrogen and oxygen atoms in total. The maximum absolute atomic E-state index is 12.5. The van der Waals surface area contributed by atoms with Crippen LogP contribution in [0.3, 0.4) is 0 Å². The number of sulfonamides is 1. The Morgan fingerprint density at radius 3 is 2.38 bits per heavy atom. The quantitative estimate of drug-likeness (QED) is 0.771. The molecule has 0 bridgehead atoms. The van der Waals surface area contributed by atoms with Crippen LogP contribution in [-0.4, -0.2) is 32.4 Å². The average Bonchev–Trinajstić information content (AvgIpc) is 3.19. The molecule has 2 aromatic carbocycles. The van der Waals surface area contributed by atoms with Crippen LogP contribution in [0.2, 0.25) is 0 Å². The Morgan fingerprint density at radius 1 is 1.00 bits per heavy atom. The lowest BCUT2D eigenvalue weighted by Crippen LogP contribution is -2.27. The van der Waals surface area contributed by atoms with Crippen molar-refractivity contribution < 1.29 is 13.2 Å². The summed E-state index contributed by atoms with van der Waals surface area (Å²) in [6.45, 7) is 5.25. The second-order valence-electron chi connectivity index (χ2n) is 6.40. The van der Waals surface area contributed by atoms with Crippen LogP contribution in [0, 0.1) is 0 Å². The Kier molecular flexibility index (Phi) is 6.29. The number of hydrogen-bond acceptors (Lipinski definition) is 4. The van der Waals surface area contributed by atoms with Gasteiger partial charge in [0.2, 0.25) is 10.0 Å². The van der Waals surface area contributed by atoms with Crippen LogP contribution >= 0.6 is 0 Å². The monoisotopic (exact) mass is 374 g/mol. The molecule has 0 unspecified atom stereocenters. The highest BCUT2D eigenvalue weighted by Gasteiger charge is 2.26. The minimum atomic E-state index is -3.33. The summed E-state index contributed by atoms with van der Waals surface area (Å²) in [6, 6.07) is 15.2. The van der Waals surface area contributed by atoms with E-state index in [1.54, 1.807) is 16.4 Å². The molecule has 1 aliphatic heterocycles. The fraction of sp³-hybridized carbons (Fsp3) is 0.400. The van der Waals surface area contributed by atoms with E-state index in [4.69, 9.17) is 4.74 Å². The number of hydrogen-bond donors (Lipinski definition) is 1. The molecule has 1 heterocycles. The number of nitrogens with zero attached hydrogens (tertiary/aromatic N) is 1. The lowest BCUT2D eigenvalue weighted by Gasteiger charge is -2.15. The summed E-state index contributed by atoms with van der Waals surface area (Å²) in [5.41, 5.74) is 2.17. The summed E-state index contributed by atoms with van der Waals surface area (Å²) in [7, 11) is -3.33. The third-order valence-corrected chi connectivity index (χ3v) is 6.46. The molecule has 0 spiro atoms. The number of benzene rings is 2. The van der Waals surface area contributed by atoms with Crippen molar-refractivity contribution in [1.29, 1.82) is 0 Å². The molecule has 0 amide bonds. The van der Waals surface area contributed by atoms with E-state index in [0.717, 1.165) is 29.7 Å². The van der Waals surface area contributed by atoms with Crippen molar-refractivity contribution in [2.24, 2.45) is 0 Å². The summed E-state index contributed by atoms with van der Waals surface area (Å²) < 4.78 is 32.3. The van der Waals surface area contributed by atoms with Crippen molar-refractivity contribution in [3.63, 3.8) is 0 Å². The Hall–Kier alpha value is -1.89. The third kappa shape index (κ3) is 4.44. The van der Waals surface area contributed by atoms with Gasteiger partial charge in [-0.3, -0.25) is 0 Å². The van der Waals surface area contributed by atoms with E-state index >= 15 is 0 Å². The fourth-order valence-electron chi connectivity index (χ4n) is 3.14. The zero-order valence-corrected chi connectivity index (χ0v) is 16.0. The molecule has 0 radical (unpaired) electrons.